The second-order valence-corrected chi connectivity index (χ2v) is 4.54. The molecule has 1 aromatic rings. The van der Waals surface area contributed by atoms with E-state index in [0.29, 0.717) is 22.7 Å². The van der Waals surface area contributed by atoms with E-state index in [2.05, 4.69) is 10.3 Å². The van der Waals surface area contributed by atoms with E-state index in [1.807, 2.05) is 0 Å². The number of amides is 2. The number of hydrogen-bond donors (Lipinski definition) is 1. The summed E-state index contributed by atoms with van der Waals surface area (Å²) in [6, 6.07) is 3.32. The molecule has 23 heavy (non-hydrogen) atoms. The van der Waals surface area contributed by atoms with E-state index in [1.54, 1.807) is 32.2 Å². The number of rotatable bonds is 4. The minimum Gasteiger partial charge on any atom is -0.495 e. The molecule has 1 aliphatic heterocycles. The van der Waals surface area contributed by atoms with Gasteiger partial charge in [-0.15, -0.1) is 0 Å². The Morgan fingerprint density at radius 1 is 1.26 bits per heavy atom. The predicted molar refractivity (Wildman–Crippen MR) is 85.6 cm³/mol. The van der Waals surface area contributed by atoms with Gasteiger partial charge in [0.1, 0.15) is 12.4 Å². The van der Waals surface area contributed by atoms with Gasteiger partial charge in [0.15, 0.2) is 0 Å². The number of hydrogen-bond acceptors (Lipinski definition) is 6. The Bertz CT molecular complexity index is 630. The first-order valence-electron chi connectivity index (χ1n) is 7.20. The van der Waals surface area contributed by atoms with Gasteiger partial charge in [-0.05, 0) is 26.0 Å². The van der Waals surface area contributed by atoms with Gasteiger partial charge in [0.2, 0.25) is 0 Å². The zero-order valence-corrected chi connectivity index (χ0v) is 13.3. The molecule has 8 nitrogen and oxygen atoms in total. The predicted octanol–water partition coefficient (Wildman–Crippen LogP) is 2.62. The summed E-state index contributed by atoms with van der Waals surface area (Å²) in [6.45, 7) is 4.10. The minimum atomic E-state index is -0.599. The van der Waals surface area contributed by atoms with Gasteiger partial charge < -0.3 is 14.2 Å². The fourth-order valence-electron chi connectivity index (χ4n) is 2.12. The first-order chi connectivity index (χ1) is 11.1. The number of aliphatic imine (C=N–C) groups is 1. The lowest BCUT2D eigenvalue weighted by atomic mass is 10.1. The van der Waals surface area contributed by atoms with Crippen LogP contribution in [0.5, 0.6) is 5.75 Å². The summed E-state index contributed by atoms with van der Waals surface area (Å²) in [6.07, 6.45) is 0.539. The van der Waals surface area contributed by atoms with Gasteiger partial charge in [-0.3, -0.25) is 15.2 Å². The topological polar surface area (TPSA) is 89.5 Å². The van der Waals surface area contributed by atoms with Crippen LogP contribution in [-0.4, -0.2) is 45.4 Å². The Labute approximate surface area is 134 Å². The maximum atomic E-state index is 12.0. The molecule has 0 aliphatic carbocycles. The van der Waals surface area contributed by atoms with Crippen molar-refractivity contribution in [2.24, 2.45) is 4.99 Å². The van der Waals surface area contributed by atoms with Gasteiger partial charge in [0.05, 0.1) is 31.7 Å². The lowest BCUT2D eigenvalue weighted by Gasteiger charge is -2.26. The summed E-state index contributed by atoms with van der Waals surface area (Å²) in [5.74, 6) is 0.439. The highest BCUT2D eigenvalue weighted by molar-refractivity contribution is 6.01. The van der Waals surface area contributed by atoms with Gasteiger partial charge in [-0.1, -0.05) is 0 Å². The second kappa shape index (κ2) is 7.48. The average Bonchev–Trinajstić information content (AvgIpc) is 2.54. The van der Waals surface area contributed by atoms with Crippen molar-refractivity contribution in [1.29, 1.82) is 0 Å². The van der Waals surface area contributed by atoms with Gasteiger partial charge in [0.25, 0.3) is 0 Å². The van der Waals surface area contributed by atoms with Crippen molar-refractivity contribution < 1.29 is 23.8 Å². The zero-order valence-electron chi connectivity index (χ0n) is 13.3. The highest BCUT2D eigenvalue weighted by Gasteiger charge is 2.24. The molecule has 1 N–H and O–H groups in total. The first kappa shape index (κ1) is 16.6. The Kier molecular flexibility index (Phi) is 5.40. The summed E-state index contributed by atoms with van der Waals surface area (Å²) >= 11 is 0. The third-order valence-corrected chi connectivity index (χ3v) is 3.09. The summed E-state index contributed by atoms with van der Waals surface area (Å²) in [5.41, 5.74) is 1.66. The molecule has 0 saturated heterocycles. The van der Waals surface area contributed by atoms with Crippen LogP contribution in [0.15, 0.2) is 17.1 Å². The van der Waals surface area contributed by atoms with E-state index in [9.17, 15) is 9.59 Å². The van der Waals surface area contributed by atoms with Crippen LogP contribution in [-0.2, 0) is 9.47 Å². The molecule has 1 aliphatic rings. The highest BCUT2D eigenvalue weighted by atomic mass is 16.6. The number of carbonyl (C=O) groups excluding carboxylic acids is 2. The van der Waals surface area contributed by atoms with Crippen LogP contribution in [0.3, 0.4) is 0 Å². The molecule has 2 amide bonds. The van der Waals surface area contributed by atoms with Crippen molar-refractivity contribution in [3.8, 4) is 5.75 Å². The number of nitrogens with zero attached hydrogens (tertiary/aromatic N) is 2. The molecule has 1 aromatic carbocycles. The lowest BCUT2D eigenvalue weighted by molar-refractivity contribution is 0.160. The highest BCUT2D eigenvalue weighted by Crippen LogP contribution is 2.34. The molecule has 124 valence electrons. The van der Waals surface area contributed by atoms with Crippen molar-refractivity contribution in [3.63, 3.8) is 0 Å². The summed E-state index contributed by atoms with van der Waals surface area (Å²) in [7, 11) is 1.49. The average molecular weight is 321 g/mol. The smallest absolute Gasteiger partial charge is 0.415 e. The third-order valence-electron chi connectivity index (χ3n) is 3.09. The van der Waals surface area contributed by atoms with Gasteiger partial charge >= 0.3 is 12.2 Å². The molecular formula is C15H19N3O5. The van der Waals surface area contributed by atoms with Crippen molar-refractivity contribution >= 4 is 29.8 Å². The van der Waals surface area contributed by atoms with Crippen LogP contribution >= 0.6 is 0 Å². The Morgan fingerprint density at radius 2 is 2.00 bits per heavy atom. The van der Waals surface area contributed by atoms with Crippen LogP contribution in [0.1, 0.15) is 19.4 Å². The van der Waals surface area contributed by atoms with Crippen molar-refractivity contribution in [3.05, 3.63) is 17.7 Å². The van der Waals surface area contributed by atoms with E-state index in [4.69, 9.17) is 14.2 Å². The van der Waals surface area contributed by atoms with E-state index in [1.165, 1.54) is 12.0 Å². The molecule has 1 heterocycles. The lowest BCUT2D eigenvalue weighted by Crippen LogP contribution is -2.34. The second-order valence-electron chi connectivity index (χ2n) is 4.54. The number of anilines is 2. The number of benzene rings is 1. The Morgan fingerprint density at radius 3 is 2.65 bits per heavy atom. The molecule has 0 saturated carbocycles. The fourth-order valence-corrected chi connectivity index (χ4v) is 2.12. The molecule has 0 fully saturated rings. The van der Waals surface area contributed by atoms with E-state index in [0.717, 1.165) is 0 Å². The standard InChI is InChI=1S/C15H19N3O5/c1-4-22-14(19)17-11-7-12-10(6-13(11)21-3)8-16-9-18(12)15(20)23-5-2/h6-8H,4-5,9H2,1-3H3,(H,17,19). The summed E-state index contributed by atoms with van der Waals surface area (Å²) in [5, 5.41) is 2.59. The van der Waals surface area contributed by atoms with Crippen LogP contribution in [0, 0.1) is 0 Å². The fraction of sp³-hybridized carbons (Fsp3) is 0.400. The number of carbonyl (C=O) groups is 2. The first-order valence-corrected chi connectivity index (χ1v) is 7.20. The van der Waals surface area contributed by atoms with Gasteiger partial charge in [0, 0.05) is 11.8 Å². The monoisotopic (exact) mass is 321 g/mol. The molecular weight excluding hydrogens is 302 g/mol. The molecule has 0 aromatic heterocycles. The molecule has 0 spiro atoms. The van der Waals surface area contributed by atoms with Crippen LogP contribution < -0.4 is 15.0 Å². The summed E-state index contributed by atoms with van der Waals surface area (Å²) < 4.78 is 15.2. The zero-order chi connectivity index (χ0) is 16.8. The van der Waals surface area contributed by atoms with Gasteiger partial charge in [-0.2, -0.15) is 0 Å². The molecule has 0 bridgehead atoms. The largest absolute Gasteiger partial charge is 0.495 e. The van der Waals surface area contributed by atoms with Crippen molar-refractivity contribution in [2.75, 3.05) is 37.2 Å². The molecule has 0 atom stereocenters. The third kappa shape index (κ3) is 3.71. The molecule has 0 radical (unpaired) electrons. The number of nitrogens with one attached hydrogen (secondary N) is 1. The minimum absolute atomic E-state index is 0.150. The summed E-state index contributed by atoms with van der Waals surface area (Å²) in [4.78, 5) is 29.2. The molecule has 0 unspecified atom stereocenters. The molecule has 8 heteroatoms. The van der Waals surface area contributed by atoms with Gasteiger partial charge in [-0.25, -0.2) is 9.59 Å². The maximum Gasteiger partial charge on any atom is 0.415 e. The quantitative estimate of drug-likeness (QED) is 0.920. The van der Waals surface area contributed by atoms with Crippen LogP contribution in [0.25, 0.3) is 0 Å². The molecule has 2 rings (SSSR count). The van der Waals surface area contributed by atoms with Crippen LogP contribution in [0.2, 0.25) is 0 Å². The van der Waals surface area contributed by atoms with Crippen molar-refractivity contribution in [2.45, 2.75) is 13.8 Å². The number of fused-ring (bicyclic) bond motifs is 1. The van der Waals surface area contributed by atoms with E-state index in [-0.39, 0.29) is 19.9 Å². The van der Waals surface area contributed by atoms with Crippen LogP contribution in [0.4, 0.5) is 21.0 Å². The Hall–Kier alpha value is -2.77. The number of methoxy groups -OCH3 is 1. The Balaban J connectivity index is 2.38. The number of ether oxygens (including phenoxy) is 3. The normalized spacial score (nSPS) is 12.4. The SMILES string of the molecule is CCOC(=O)Nc1cc2c(cc1OC)C=NCN2C(=O)OCC. The van der Waals surface area contributed by atoms with E-state index < -0.39 is 12.2 Å². The maximum absolute atomic E-state index is 12.0. The van der Waals surface area contributed by atoms with E-state index >= 15 is 0 Å². The van der Waals surface area contributed by atoms with Crippen molar-refractivity contribution in [1.82, 2.24) is 0 Å².